The Kier molecular flexibility index (Phi) is 19.4. The van der Waals surface area contributed by atoms with Gasteiger partial charge in [0, 0.05) is 31.3 Å². The maximum atomic E-state index is 7.08. The number of hydrogen-bond donors (Lipinski definition) is 0. The third kappa shape index (κ3) is 12.9. The quantitative estimate of drug-likeness (QED) is 0.109. The van der Waals surface area contributed by atoms with E-state index >= 15 is 0 Å². The van der Waals surface area contributed by atoms with E-state index in [4.69, 9.17) is 28.4 Å². The van der Waals surface area contributed by atoms with Crippen LogP contribution >= 0.6 is 141 Å². The zero-order chi connectivity index (χ0) is 70.1. The van der Waals surface area contributed by atoms with Gasteiger partial charge < -0.3 is 28.4 Å². The minimum atomic E-state index is 0.330. The van der Waals surface area contributed by atoms with Gasteiger partial charge in [0.1, 0.15) is 19.8 Å². The lowest BCUT2D eigenvalue weighted by Crippen LogP contribution is -2.17. The predicted molar refractivity (Wildman–Crippen MR) is 469 cm³/mol. The lowest BCUT2D eigenvalue weighted by molar-refractivity contribution is 0.284. The van der Waals surface area contributed by atoms with Crippen LogP contribution in [0.25, 0.3) is 90.1 Å². The Morgan fingerprint density at radius 3 is 0.619 bits per heavy atom. The third-order valence-electron chi connectivity index (χ3n) is 19.7. The van der Waals surface area contributed by atoms with Crippen molar-refractivity contribution in [2.45, 2.75) is 39.1 Å². The summed E-state index contributed by atoms with van der Waals surface area (Å²) in [7, 11) is 5.23. The van der Waals surface area contributed by atoms with Crippen LogP contribution in [-0.2, 0) is 39.1 Å². The first-order chi connectivity index (χ1) is 51.9. The van der Waals surface area contributed by atoms with Gasteiger partial charge in [-0.25, -0.2) is 0 Å². The van der Waals surface area contributed by atoms with Crippen LogP contribution in [0.1, 0.15) is 50.1 Å². The number of rotatable bonds is 12. The summed E-state index contributed by atoms with van der Waals surface area (Å²) in [6.07, 6.45) is 1.78. The van der Waals surface area contributed by atoms with E-state index in [1.807, 2.05) is 0 Å². The van der Waals surface area contributed by atoms with Crippen molar-refractivity contribution in [1.29, 1.82) is 0 Å². The first-order valence-corrected chi connectivity index (χ1v) is 44.5. The summed E-state index contributed by atoms with van der Waals surface area (Å²) >= 11 is 21.6. The number of thioether (sulfide) groups is 12. The van der Waals surface area contributed by atoms with Gasteiger partial charge in [-0.2, -0.15) is 0 Å². The molecule has 0 aromatic heterocycles. The molecule has 0 N–H and O–H groups in total. The molecule has 6 heterocycles. The average molecular weight is 1590 g/mol. The van der Waals surface area contributed by atoms with Crippen molar-refractivity contribution in [3.8, 4) is 34.5 Å². The monoisotopic (exact) mass is 1580 g/mol. The number of methoxy groups -OCH3 is 3. The molecule has 516 valence electrons. The van der Waals surface area contributed by atoms with E-state index in [2.05, 4.69) is 229 Å². The molecule has 0 fully saturated rings. The molecule has 0 saturated carbocycles. The lowest BCUT2D eigenvalue weighted by atomic mass is 9.94. The molecule has 0 bridgehead atoms. The summed E-state index contributed by atoms with van der Waals surface area (Å²) in [6.45, 7) is 0.990. The molecule has 18 heteroatoms. The molecular weight excluding hydrogens is 1530 g/mol. The normalized spacial score (nSPS) is 15.9. The molecule has 12 aromatic rings. The molecule has 0 saturated heterocycles. The molecule has 19 rings (SSSR count). The Hall–Kier alpha value is -7.14. The summed E-state index contributed by atoms with van der Waals surface area (Å²) < 4.78 is 48.1. The standard InChI is InChI=1S/C87H60O6S12/c1-88-70-40-52-37-56-44-74(92-47-50-17-20-65-68(35-50)80(86-102-30-31-103-86)62-14-8-5-11-59(62)77(65)83-96-24-25-97-83)72(90-3)42-54(56)39-57-45-75(93-48-51-18-21-66-69(36-51)81(87-104-32-33-105-87)63-15-9-6-12-60(63)78(66)84-98-26-27-99-84)71(89-2)41-53(57)38-55(52)43-73(70)91-46-49-16-19-64-67(34-49)79(85-100-28-29-101-85)61-13-7-4-10-58(61)76(64)82-94-22-23-95-82/h4-36,40-45H,37-39,46-48H2,1-3H3. The molecule has 105 heavy (non-hydrogen) atoms. The highest BCUT2D eigenvalue weighted by atomic mass is 32.2. The fourth-order valence-electron chi connectivity index (χ4n) is 15.0. The van der Waals surface area contributed by atoms with Gasteiger partial charge in [0.25, 0.3) is 0 Å². The second kappa shape index (κ2) is 29.8. The van der Waals surface area contributed by atoms with Crippen LogP contribution in [0, 0.1) is 0 Å². The van der Waals surface area contributed by atoms with Crippen LogP contribution in [0.5, 0.6) is 34.5 Å². The van der Waals surface area contributed by atoms with Gasteiger partial charge in [-0.15, -0.1) is 0 Å². The van der Waals surface area contributed by atoms with Gasteiger partial charge in [-0.1, -0.05) is 250 Å². The number of fused-ring (bicyclic) bond motifs is 9. The Morgan fingerprint density at radius 2 is 0.410 bits per heavy atom. The Balaban J connectivity index is 0.712. The van der Waals surface area contributed by atoms with Crippen molar-refractivity contribution in [3.63, 3.8) is 0 Å². The van der Waals surface area contributed by atoms with Gasteiger partial charge in [0.15, 0.2) is 34.5 Å². The third-order valence-corrected chi connectivity index (χ3v) is 32.5. The molecule has 6 aliphatic heterocycles. The number of benzene rings is 12. The van der Waals surface area contributed by atoms with Crippen LogP contribution in [0.4, 0.5) is 0 Å². The second-order valence-electron chi connectivity index (χ2n) is 25.5. The van der Waals surface area contributed by atoms with Gasteiger partial charge in [0.05, 0.1) is 46.8 Å². The van der Waals surface area contributed by atoms with Gasteiger partial charge >= 0.3 is 0 Å². The Labute approximate surface area is 658 Å². The molecule has 0 spiro atoms. The van der Waals surface area contributed by atoms with Crippen LogP contribution in [0.3, 0.4) is 0 Å². The highest BCUT2D eigenvalue weighted by Gasteiger charge is 2.26. The molecule has 1 aliphatic carbocycles. The van der Waals surface area contributed by atoms with E-state index in [1.54, 1.807) is 162 Å². The van der Waals surface area contributed by atoms with E-state index in [9.17, 15) is 0 Å². The first kappa shape index (κ1) is 68.4. The highest BCUT2D eigenvalue weighted by Crippen LogP contribution is 2.47. The zero-order valence-electron chi connectivity index (χ0n) is 56.6. The molecule has 0 amide bonds. The van der Waals surface area contributed by atoms with Crippen molar-refractivity contribution in [2.24, 2.45) is 0 Å². The number of ether oxygens (including phenoxy) is 6. The van der Waals surface area contributed by atoms with E-state index < -0.39 is 0 Å². The zero-order valence-corrected chi connectivity index (χ0v) is 66.4. The maximum Gasteiger partial charge on any atom is 0.161 e. The van der Waals surface area contributed by atoms with E-state index in [-0.39, 0.29) is 0 Å². The summed E-state index contributed by atoms with van der Waals surface area (Å²) in [5, 5.41) is 48.9. The van der Waals surface area contributed by atoms with Gasteiger partial charge in [0.2, 0.25) is 0 Å². The summed E-state index contributed by atoms with van der Waals surface area (Å²) in [4.78, 5) is 0. The summed E-state index contributed by atoms with van der Waals surface area (Å²) in [6, 6.07) is 60.5. The minimum absolute atomic E-state index is 0.330. The minimum Gasteiger partial charge on any atom is -0.493 e. The maximum absolute atomic E-state index is 7.08. The Bertz CT molecular complexity index is 5710. The lowest BCUT2D eigenvalue weighted by Gasteiger charge is -2.19. The molecule has 0 unspecified atom stereocenters. The van der Waals surface area contributed by atoms with Crippen molar-refractivity contribution in [3.05, 3.63) is 310 Å². The highest BCUT2D eigenvalue weighted by molar-refractivity contribution is 8.37. The molecule has 7 aliphatic rings. The van der Waals surface area contributed by atoms with Crippen molar-refractivity contribution in [1.82, 2.24) is 0 Å². The SMILES string of the molecule is COc1cc2c(cc1OCc1ccc3c(=C4SC=CS4)c4ccccc4c(=C4SC=CS4)c3c1)Cc1cc(OC)c(OCc3ccc4c(=C5SC=CS5)c5ccccc5c(=C5SC=CS5)c4c3)cc1Cc1cc(OC)c(OCc3ccc4c(=C5SC=CS5)c5ccccc5c(=C5SC=CS5)c4c3)cc1C2. The van der Waals surface area contributed by atoms with E-state index in [0.717, 1.165) is 50.1 Å². The summed E-state index contributed by atoms with van der Waals surface area (Å²) in [5.74, 6) is 4.02. The molecule has 0 radical (unpaired) electrons. The van der Waals surface area contributed by atoms with Crippen LogP contribution < -0.4 is 59.7 Å². The van der Waals surface area contributed by atoms with E-state index in [1.165, 1.54) is 121 Å². The van der Waals surface area contributed by atoms with Crippen molar-refractivity contribution >= 4 is 231 Å². The van der Waals surface area contributed by atoms with Crippen molar-refractivity contribution in [2.75, 3.05) is 21.3 Å². The second-order valence-corrected chi connectivity index (χ2v) is 38.1. The molecular formula is C87H60O6S12. The first-order valence-electron chi connectivity index (χ1n) is 33.9. The van der Waals surface area contributed by atoms with Crippen LogP contribution in [0.2, 0.25) is 0 Å². The topological polar surface area (TPSA) is 55.4 Å². The molecule has 12 aromatic carbocycles. The largest absolute Gasteiger partial charge is 0.493 e. The van der Waals surface area contributed by atoms with Crippen LogP contribution in [0.15, 0.2) is 229 Å². The van der Waals surface area contributed by atoms with E-state index in [0.29, 0.717) is 73.6 Å². The fourth-order valence-corrected chi connectivity index (χ4v) is 26.6. The predicted octanol–water partition coefficient (Wildman–Crippen LogP) is 22.6. The van der Waals surface area contributed by atoms with Gasteiger partial charge in [-0.3, -0.25) is 0 Å². The average Bonchev–Trinajstić information content (AvgIpc) is 1.63. The Morgan fingerprint density at radius 1 is 0.219 bits per heavy atom. The van der Waals surface area contributed by atoms with Gasteiger partial charge in [-0.05, 0) is 253 Å². The smallest absolute Gasteiger partial charge is 0.161 e. The number of hydrogen-bond acceptors (Lipinski definition) is 18. The molecule has 6 nitrogen and oxygen atoms in total. The fraction of sp³-hybridized carbons (Fsp3) is 0.103. The van der Waals surface area contributed by atoms with Crippen molar-refractivity contribution < 1.29 is 28.4 Å². The van der Waals surface area contributed by atoms with Crippen LogP contribution in [-0.4, -0.2) is 21.3 Å². The molecule has 0 atom stereocenters. The summed E-state index contributed by atoms with van der Waals surface area (Å²) in [5.41, 5.74) is 9.90.